The Morgan fingerprint density at radius 3 is 2.43 bits per heavy atom. The third kappa shape index (κ3) is 3.93. The minimum absolute atomic E-state index is 0.127. The van der Waals surface area contributed by atoms with E-state index in [0.29, 0.717) is 5.75 Å². The van der Waals surface area contributed by atoms with E-state index in [1.165, 1.54) is 10.5 Å². The molecule has 0 aliphatic carbocycles. The zero-order valence-corrected chi connectivity index (χ0v) is 15.9. The molecule has 0 amide bonds. The Morgan fingerprint density at radius 2 is 1.78 bits per heavy atom. The Morgan fingerprint density at radius 1 is 1.09 bits per heavy atom. The lowest BCUT2D eigenvalue weighted by Crippen LogP contribution is -2.06. The normalized spacial score (nSPS) is 12.0. The highest BCUT2D eigenvalue weighted by Crippen LogP contribution is 2.39. The van der Waals surface area contributed by atoms with E-state index in [1.54, 1.807) is 6.07 Å². The van der Waals surface area contributed by atoms with Gasteiger partial charge in [0.05, 0.1) is 0 Å². The Kier molecular flexibility index (Phi) is 4.47. The van der Waals surface area contributed by atoms with Crippen molar-refractivity contribution in [2.24, 2.45) is 0 Å². The molecule has 0 saturated carbocycles. The fourth-order valence-corrected chi connectivity index (χ4v) is 3.96. The summed E-state index contributed by atoms with van der Waals surface area (Å²) in [5.74, 6) is 0.314. The lowest BCUT2D eigenvalue weighted by molar-refractivity contribution is 0.476. The average Bonchev–Trinajstić information content (AvgIpc) is 2.77. The maximum Gasteiger partial charge on any atom is 0.116 e. The molecular weight excluding hydrogens is 370 g/mol. The van der Waals surface area contributed by atoms with Gasteiger partial charge in [-0.3, -0.25) is 0 Å². The topological polar surface area (TPSA) is 25.2 Å². The van der Waals surface area contributed by atoms with Crippen LogP contribution in [0.25, 0.3) is 10.9 Å². The highest BCUT2D eigenvalue weighted by Gasteiger charge is 2.17. The molecule has 3 rings (SSSR count). The van der Waals surface area contributed by atoms with Gasteiger partial charge in [-0.1, -0.05) is 48.8 Å². The number of nitrogens with zero attached hydrogens (tertiary/aromatic N) is 1. The predicted molar refractivity (Wildman–Crippen MR) is 102 cm³/mol. The summed E-state index contributed by atoms with van der Waals surface area (Å²) in [6.07, 6.45) is 2.20. The number of phenols is 1. The molecule has 23 heavy (non-hydrogen) atoms. The summed E-state index contributed by atoms with van der Waals surface area (Å²) < 4.78 is 3.47. The average molecular weight is 390 g/mol. The highest BCUT2D eigenvalue weighted by atomic mass is 79.9. The Bertz CT molecular complexity index is 831. The highest BCUT2D eigenvalue weighted by molar-refractivity contribution is 9.10. The fourth-order valence-electron chi connectivity index (χ4n) is 2.58. The van der Waals surface area contributed by atoms with E-state index in [1.807, 2.05) is 23.9 Å². The van der Waals surface area contributed by atoms with Crippen LogP contribution < -0.4 is 0 Å². The molecule has 0 saturated heterocycles. The number of hydrogen-bond donors (Lipinski definition) is 1. The van der Waals surface area contributed by atoms with Gasteiger partial charge in [0.2, 0.25) is 0 Å². The van der Waals surface area contributed by atoms with E-state index in [-0.39, 0.29) is 4.75 Å². The molecule has 3 aromatic rings. The van der Waals surface area contributed by atoms with E-state index >= 15 is 0 Å². The first kappa shape index (κ1) is 16.5. The number of rotatable bonds is 3. The minimum Gasteiger partial charge on any atom is -0.508 e. The lowest BCUT2D eigenvalue weighted by atomic mass is 10.2. The number of aromatic nitrogens is 1. The van der Waals surface area contributed by atoms with Crippen LogP contribution in [0.5, 0.6) is 5.75 Å². The summed E-state index contributed by atoms with van der Waals surface area (Å²) in [7, 11) is 0. The van der Waals surface area contributed by atoms with Crippen molar-refractivity contribution >= 4 is 38.6 Å². The molecule has 0 aliphatic heterocycles. The third-order valence-corrected chi connectivity index (χ3v) is 5.20. The quantitative estimate of drug-likeness (QED) is 0.551. The first-order chi connectivity index (χ1) is 10.8. The molecule has 1 heterocycles. The Balaban J connectivity index is 2.04. The molecule has 120 valence electrons. The molecule has 0 bridgehead atoms. The van der Waals surface area contributed by atoms with Gasteiger partial charge in [0.1, 0.15) is 5.75 Å². The number of phenolic OH excluding ortho intramolecular Hbond substituents is 1. The van der Waals surface area contributed by atoms with Crippen LogP contribution in [0.2, 0.25) is 0 Å². The van der Waals surface area contributed by atoms with Crippen molar-refractivity contribution in [2.75, 3.05) is 0 Å². The van der Waals surface area contributed by atoms with Crippen LogP contribution in [0.1, 0.15) is 26.3 Å². The molecule has 0 radical (unpaired) electrons. The second-order valence-corrected chi connectivity index (χ2v) is 9.45. The summed E-state index contributed by atoms with van der Waals surface area (Å²) in [5.41, 5.74) is 2.41. The number of fused-ring (bicyclic) bond motifs is 1. The molecule has 4 heteroatoms. The first-order valence-electron chi connectivity index (χ1n) is 7.57. The number of benzene rings is 2. The van der Waals surface area contributed by atoms with Crippen LogP contribution in [0.3, 0.4) is 0 Å². The van der Waals surface area contributed by atoms with Gasteiger partial charge in [-0.2, -0.15) is 0 Å². The Labute approximate surface area is 149 Å². The van der Waals surface area contributed by atoms with Crippen molar-refractivity contribution in [3.8, 4) is 5.75 Å². The van der Waals surface area contributed by atoms with Crippen molar-refractivity contribution in [1.29, 1.82) is 0 Å². The van der Waals surface area contributed by atoms with E-state index in [4.69, 9.17) is 0 Å². The molecule has 0 atom stereocenters. The number of hydrogen-bond acceptors (Lipinski definition) is 2. The third-order valence-electron chi connectivity index (χ3n) is 3.51. The molecule has 0 fully saturated rings. The SMILES string of the molecule is CC(C)(C)Sc1cn(Cc2ccc(Br)cc2)c2ccc(O)cc12. The first-order valence-corrected chi connectivity index (χ1v) is 9.18. The summed E-state index contributed by atoms with van der Waals surface area (Å²) in [5, 5.41) is 11.0. The molecule has 0 spiro atoms. The molecule has 2 aromatic carbocycles. The van der Waals surface area contributed by atoms with Crippen LogP contribution in [-0.4, -0.2) is 14.4 Å². The van der Waals surface area contributed by atoms with Crippen LogP contribution in [0.15, 0.2) is 58.0 Å². The lowest BCUT2D eigenvalue weighted by Gasteiger charge is -2.16. The molecule has 1 N–H and O–H groups in total. The molecule has 2 nitrogen and oxygen atoms in total. The van der Waals surface area contributed by atoms with Gasteiger partial charge < -0.3 is 9.67 Å². The van der Waals surface area contributed by atoms with Gasteiger partial charge in [-0.25, -0.2) is 0 Å². The second kappa shape index (κ2) is 6.25. The zero-order chi connectivity index (χ0) is 16.6. The van der Waals surface area contributed by atoms with Gasteiger partial charge in [0.15, 0.2) is 0 Å². The van der Waals surface area contributed by atoms with Gasteiger partial charge >= 0.3 is 0 Å². The van der Waals surface area contributed by atoms with Crippen molar-refractivity contribution < 1.29 is 5.11 Å². The molecule has 0 unspecified atom stereocenters. The molecular formula is C19H20BrNOS. The van der Waals surface area contributed by atoms with Gasteiger partial charge in [0.25, 0.3) is 0 Å². The molecule has 0 aliphatic rings. The minimum atomic E-state index is 0.127. The van der Waals surface area contributed by atoms with E-state index in [2.05, 4.69) is 71.7 Å². The predicted octanol–water partition coefficient (Wildman–Crippen LogP) is 6.05. The summed E-state index contributed by atoms with van der Waals surface area (Å²) in [6.45, 7) is 7.44. The monoisotopic (exact) mass is 389 g/mol. The van der Waals surface area contributed by atoms with Gasteiger partial charge in [-0.05, 0) is 35.9 Å². The fraction of sp³-hybridized carbons (Fsp3) is 0.263. The zero-order valence-electron chi connectivity index (χ0n) is 13.5. The van der Waals surface area contributed by atoms with Crippen molar-refractivity contribution in [1.82, 2.24) is 4.57 Å². The largest absolute Gasteiger partial charge is 0.508 e. The summed E-state index contributed by atoms with van der Waals surface area (Å²) in [4.78, 5) is 1.21. The van der Waals surface area contributed by atoms with Gasteiger partial charge in [-0.15, -0.1) is 11.8 Å². The van der Waals surface area contributed by atoms with E-state index in [0.717, 1.165) is 21.9 Å². The van der Waals surface area contributed by atoms with Crippen LogP contribution in [-0.2, 0) is 6.54 Å². The van der Waals surface area contributed by atoms with Crippen LogP contribution in [0.4, 0.5) is 0 Å². The summed E-state index contributed by atoms with van der Waals surface area (Å²) in [6, 6.07) is 14.0. The number of halogens is 1. The summed E-state index contributed by atoms with van der Waals surface area (Å²) >= 11 is 5.31. The maximum atomic E-state index is 9.86. The van der Waals surface area contributed by atoms with E-state index in [9.17, 15) is 5.11 Å². The smallest absolute Gasteiger partial charge is 0.116 e. The van der Waals surface area contributed by atoms with Gasteiger partial charge in [0, 0.05) is 37.8 Å². The maximum absolute atomic E-state index is 9.86. The van der Waals surface area contributed by atoms with E-state index < -0.39 is 0 Å². The van der Waals surface area contributed by atoms with Crippen LogP contribution >= 0.6 is 27.7 Å². The van der Waals surface area contributed by atoms with Crippen LogP contribution in [0, 0.1) is 0 Å². The standard InChI is InChI=1S/C19H20BrNOS/c1-19(2,3)23-18-12-21(11-13-4-6-14(20)7-5-13)17-9-8-15(22)10-16(17)18/h4-10,12,22H,11H2,1-3H3. The van der Waals surface area contributed by atoms with Crippen molar-refractivity contribution in [3.05, 3.63) is 58.7 Å². The molecule has 1 aromatic heterocycles. The van der Waals surface area contributed by atoms with Crippen molar-refractivity contribution in [2.45, 2.75) is 37.0 Å². The Hall–Kier alpha value is -1.39. The second-order valence-electron chi connectivity index (χ2n) is 6.66. The van der Waals surface area contributed by atoms with Crippen molar-refractivity contribution in [3.63, 3.8) is 0 Å². The number of thioether (sulfide) groups is 1. The number of aromatic hydroxyl groups is 1.